The van der Waals surface area contributed by atoms with Crippen LogP contribution in [0.1, 0.15) is 22.8 Å². The number of fused-ring (bicyclic) bond motifs is 1. The van der Waals surface area contributed by atoms with Crippen LogP contribution in [0, 0.1) is 11.8 Å². The van der Waals surface area contributed by atoms with Crippen LogP contribution in [0.25, 0.3) is 0 Å². The van der Waals surface area contributed by atoms with Gasteiger partial charge in [-0.15, -0.1) is 11.8 Å². The van der Waals surface area contributed by atoms with Gasteiger partial charge in [-0.3, -0.25) is 9.69 Å². The molecule has 0 aliphatic carbocycles. The molecule has 0 bridgehead atoms. The number of rotatable bonds is 6. The fourth-order valence-corrected chi connectivity index (χ4v) is 5.34. The summed E-state index contributed by atoms with van der Waals surface area (Å²) in [5, 5.41) is -0.324. The number of hydrogen-bond acceptors (Lipinski definition) is 6. The smallest absolute Gasteiger partial charge is 0.359 e. The predicted octanol–water partition coefficient (Wildman–Crippen LogP) is 3.84. The van der Waals surface area contributed by atoms with Gasteiger partial charge in [0.1, 0.15) is 23.8 Å². The minimum atomic E-state index is -0.656. The first-order chi connectivity index (χ1) is 17.6. The van der Waals surface area contributed by atoms with Crippen LogP contribution in [-0.4, -0.2) is 40.6 Å². The molecule has 3 aromatic carbocycles. The average Bonchev–Trinajstić information content (AvgIpc) is 2.94. The van der Waals surface area contributed by atoms with Crippen LogP contribution in [0.3, 0.4) is 0 Å². The van der Waals surface area contributed by atoms with Crippen molar-refractivity contribution >= 4 is 23.6 Å². The van der Waals surface area contributed by atoms with E-state index in [1.54, 1.807) is 0 Å². The zero-order valence-electron chi connectivity index (χ0n) is 19.4. The van der Waals surface area contributed by atoms with E-state index < -0.39 is 18.1 Å². The number of ether oxygens (including phenoxy) is 2. The third kappa shape index (κ3) is 4.87. The molecule has 7 heteroatoms. The maximum Gasteiger partial charge on any atom is 0.359 e. The van der Waals surface area contributed by atoms with Crippen LogP contribution in [0.5, 0.6) is 0 Å². The molecule has 2 aliphatic heterocycles. The van der Waals surface area contributed by atoms with Crippen molar-refractivity contribution in [3.8, 4) is 11.8 Å². The minimum absolute atomic E-state index is 0.0706. The maximum atomic E-state index is 13.6. The summed E-state index contributed by atoms with van der Waals surface area (Å²) < 4.78 is 12.0. The quantitative estimate of drug-likeness (QED) is 0.317. The van der Waals surface area contributed by atoms with Gasteiger partial charge < -0.3 is 15.2 Å². The third-order valence-corrected chi connectivity index (χ3v) is 7.20. The van der Waals surface area contributed by atoms with E-state index in [-0.39, 0.29) is 23.6 Å². The molecule has 0 spiro atoms. The highest BCUT2D eigenvalue weighted by molar-refractivity contribution is 8.00. The zero-order valence-corrected chi connectivity index (χ0v) is 20.2. The van der Waals surface area contributed by atoms with Gasteiger partial charge in [0.05, 0.1) is 5.75 Å². The Hall–Kier alpha value is -3.99. The molecule has 2 aliphatic rings. The Morgan fingerprint density at radius 3 is 2.17 bits per heavy atom. The number of nitrogens with zero attached hydrogens (tertiary/aromatic N) is 1. The molecule has 5 rings (SSSR count). The summed E-state index contributed by atoms with van der Waals surface area (Å²) in [5.41, 5.74) is 8.61. The van der Waals surface area contributed by atoms with Gasteiger partial charge in [0.15, 0.2) is 11.8 Å². The number of carbonyl (C=O) groups excluding carboxylic acids is 2. The molecule has 3 aromatic rings. The van der Waals surface area contributed by atoms with Gasteiger partial charge >= 0.3 is 5.97 Å². The molecule has 0 saturated carbocycles. The summed E-state index contributed by atoms with van der Waals surface area (Å²) in [6, 6.07) is 27.9. The highest BCUT2D eigenvalue weighted by Crippen LogP contribution is 2.41. The summed E-state index contributed by atoms with van der Waals surface area (Å²) in [6.07, 6.45) is -0.649. The van der Waals surface area contributed by atoms with Crippen LogP contribution in [0.2, 0.25) is 0 Å². The molecular weight excluding hydrogens is 472 g/mol. The summed E-state index contributed by atoms with van der Waals surface area (Å²) in [4.78, 5) is 27.7. The lowest BCUT2D eigenvalue weighted by Crippen LogP contribution is -2.68. The van der Waals surface area contributed by atoms with Gasteiger partial charge in [0, 0.05) is 5.56 Å². The molecule has 1 amide bonds. The molecule has 0 unspecified atom stereocenters. The van der Waals surface area contributed by atoms with Crippen molar-refractivity contribution in [2.75, 3.05) is 12.4 Å². The first-order valence-corrected chi connectivity index (χ1v) is 12.6. The number of carbonyl (C=O) groups is 2. The molecule has 2 N–H and O–H groups in total. The molecule has 2 heterocycles. The van der Waals surface area contributed by atoms with Gasteiger partial charge in [0.25, 0.3) is 0 Å². The maximum absolute atomic E-state index is 13.6. The van der Waals surface area contributed by atoms with Crippen molar-refractivity contribution < 1.29 is 19.1 Å². The van der Waals surface area contributed by atoms with Crippen LogP contribution in [0.4, 0.5) is 0 Å². The van der Waals surface area contributed by atoms with E-state index in [0.717, 1.165) is 16.7 Å². The fourth-order valence-electron chi connectivity index (χ4n) is 4.12. The number of benzene rings is 3. The zero-order chi connectivity index (χ0) is 24.9. The molecule has 1 saturated heterocycles. The molecular formula is C29H24N2O4S. The normalized spacial score (nSPS) is 18.6. The number of esters is 1. The fraction of sp³-hybridized carbons (Fsp3) is 0.172. The van der Waals surface area contributed by atoms with Crippen LogP contribution in [-0.2, 0) is 19.1 Å². The number of amides is 1. The van der Waals surface area contributed by atoms with E-state index in [1.165, 1.54) is 16.7 Å². The van der Waals surface area contributed by atoms with Crippen molar-refractivity contribution in [2.45, 2.75) is 17.5 Å². The van der Waals surface area contributed by atoms with Crippen molar-refractivity contribution in [3.63, 3.8) is 0 Å². The summed E-state index contributed by atoms with van der Waals surface area (Å²) >= 11 is 1.46. The SMILES string of the molecule is N[C@@H]1C(=O)N2C(C(=O)OC(c3ccccc3)c3ccccc3)=C(OCC#Cc3ccccc3)CS[C@@H]12. The molecule has 0 radical (unpaired) electrons. The molecule has 0 aromatic heterocycles. The Morgan fingerprint density at radius 2 is 1.56 bits per heavy atom. The molecule has 180 valence electrons. The van der Waals surface area contributed by atoms with Gasteiger partial charge in [-0.2, -0.15) is 0 Å². The largest absolute Gasteiger partial charge is 0.482 e. The van der Waals surface area contributed by atoms with E-state index in [4.69, 9.17) is 15.2 Å². The van der Waals surface area contributed by atoms with Crippen molar-refractivity contribution in [3.05, 3.63) is 119 Å². The highest BCUT2D eigenvalue weighted by Gasteiger charge is 2.53. The lowest BCUT2D eigenvalue weighted by Gasteiger charge is -2.47. The second-order valence-electron chi connectivity index (χ2n) is 8.27. The Labute approximate surface area is 214 Å². The van der Waals surface area contributed by atoms with E-state index >= 15 is 0 Å². The Morgan fingerprint density at radius 1 is 0.972 bits per heavy atom. The average molecular weight is 497 g/mol. The standard InChI is InChI=1S/C29H24N2O4S/c30-24-27(32)31-25(23(19-36-28(24)31)34-18-10-13-20-11-4-1-5-12-20)29(33)35-26(21-14-6-2-7-15-21)22-16-8-3-9-17-22/h1-9,11-12,14-17,24,26,28H,18-19,30H2/t24-,28+/m1/s1. The lowest BCUT2D eigenvalue weighted by atomic mass is 10.0. The minimum Gasteiger partial charge on any atom is -0.482 e. The Balaban J connectivity index is 1.43. The van der Waals surface area contributed by atoms with Gasteiger partial charge in [-0.25, -0.2) is 4.79 Å². The van der Waals surface area contributed by atoms with E-state index in [0.29, 0.717) is 11.5 Å². The number of nitrogens with two attached hydrogens (primary N) is 1. The third-order valence-electron chi connectivity index (χ3n) is 5.92. The second kappa shape index (κ2) is 10.7. The first-order valence-electron chi connectivity index (χ1n) is 11.5. The van der Waals surface area contributed by atoms with Crippen molar-refractivity contribution in [2.24, 2.45) is 5.73 Å². The topological polar surface area (TPSA) is 81.9 Å². The van der Waals surface area contributed by atoms with Gasteiger partial charge in [-0.1, -0.05) is 90.7 Å². The Kier molecular flexibility index (Phi) is 7.08. The van der Waals surface area contributed by atoms with Gasteiger partial charge in [-0.05, 0) is 23.3 Å². The van der Waals surface area contributed by atoms with E-state index in [9.17, 15) is 9.59 Å². The van der Waals surface area contributed by atoms with E-state index in [2.05, 4.69) is 11.8 Å². The first kappa shape index (κ1) is 23.7. The van der Waals surface area contributed by atoms with Crippen LogP contribution >= 0.6 is 11.8 Å². The molecule has 2 atom stereocenters. The number of thioether (sulfide) groups is 1. The molecule has 1 fully saturated rings. The summed E-state index contributed by atoms with van der Waals surface area (Å²) in [5.74, 6) is 5.79. The van der Waals surface area contributed by atoms with Crippen LogP contribution < -0.4 is 5.73 Å². The summed E-state index contributed by atoms with van der Waals surface area (Å²) in [7, 11) is 0. The molecule has 6 nitrogen and oxygen atoms in total. The van der Waals surface area contributed by atoms with Crippen LogP contribution in [0.15, 0.2) is 102 Å². The molecule has 36 heavy (non-hydrogen) atoms. The second-order valence-corrected chi connectivity index (χ2v) is 9.38. The van der Waals surface area contributed by atoms with Crippen molar-refractivity contribution in [1.29, 1.82) is 0 Å². The predicted molar refractivity (Wildman–Crippen MR) is 138 cm³/mol. The number of β-lactam (4-membered cyclic amide) rings is 1. The highest BCUT2D eigenvalue weighted by atomic mass is 32.2. The Bertz CT molecular complexity index is 1290. The van der Waals surface area contributed by atoms with E-state index in [1.807, 2.05) is 91.0 Å². The summed E-state index contributed by atoms with van der Waals surface area (Å²) in [6.45, 7) is 0.0706. The van der Waals surface area contributed by atoms with Gasteiger partial charge in [0.2, 0.25) is 5.91 Å². The van der Waals surface area contributed by atoms with Crippen molar-refractivity contribution in [1.82, 2.24) is 4.90 Å². The number of hydrogen-bond donors (Lipinski definition) is 1. The lowest BCUT2D eigenvalue weighted by molar-refractivity contribution is -0.153. The monoisotopic (exact) mass is 496 g/mol.